The Morgan fingerprint density at radius 3 is 2.68 bits per heavy atom. The monoisotopic (exact) mass is 471 g/mol. The van der Waals surface area contributed by atoms with Crippen LogP contribution in [0.15, 0.2) is 82.6 Å². The fourth-order valence-corrected chi connectivity index (χ4v) is 4.37. The normalized spacial score (nSPS) is 11.0. The van der Waals surface area contributed by atoms with Gasteiger partial charge in [-0.3, -0.25) is 14.3 Å². The molecule has 1 amide bonds. The third-order valence-corrected chi connectivity index (χ3v) is 6.09. The number of para-hydroxylation sites is 1. The largest absolute Gasteiger partial charge is 0.497 e. The van der Waals surface area contributed by atoms with Crippen molar-refractivity contribution < 1.29 is 13.9 Å². The lowest BCUT2D eigenvalue weighted by Crippen LogP contribution is -2.15. The number of ether oxygens (including phenoxy) is 1. The predicted octanol–water partition coefficient (Wildman–Crippen LogP) is 5.12. The summed E-state index contributed by atoms with van der Waals surface area (Å²) in [6.07, 6.45) is 1.59. The summed E-state index contributed by atoms with van der Waals surface area (Å²) in [4.78, 5) is 17.4. The van der Waals surface area contributed by atoms with Crippen LogP contribution in [0.2, 0.25) is 0 Å². The smallest absolute Gasteiger partial charge is 0.234 e. The molecule has 34 heavy (non-hydrogen) atoms. The van der Waals surface area contributed by atoms with Gasteiger partial charge in [0, 0.05) is 11.1 Å². The van der Waals surface area contributed by atoms with E-state index in [1.54, 1.807) is 19.4 Å². The highest BCUT2D eigenvalue weighted by Gasteiger charge is 2.19. The van der Waals surface area contributed by atoms with Crippen molar-refractivity contribution >= 4 is 34.3 Å². The Kier molecular flexibility index (Phi) is 6.01. The highest BCUT2D eigenvalue weighted by atomic mass is 32.2. The van der Waals surface area contributed by atoms with E-state index in [0.29, 0.717) is 16.7 Å². The molecule has 0 radical (unpaired) electrons. The number of hydrogen-bond acceptors (Lipinski definition) is 7. The molecular weight excluding hydrogens is 450 g/mol. The minimum absolute atomic E-state index is 0.149. The molecule has 1 N–H and O–H groups in total. The number of furan rings is 1. The Balaban J connectivity index is 1.40. The SMILES string of the molecule is COc1ccc(-n2c(SCC(=O)Nc3cc(C)nc4ccccc34)nnc2-c2ccco2)cc1. The molecule has 2 aromatic carbocycles. The first kappa shape index (κ1) is 21.7. The number of hydrogen-bond donors (Lipinski definition) is 1. The van der Waals surface area contributed by atoms with Crippen molar-refractivity contribution in [3.05, 3.63) is 78.7 Å². The first-order valence-electron chi connectivity index (χ1n) is 10.5. The van der Waals surface area contributed by atoms with Crippen molar-refractivity contribution in [3.63, 3.8) is 0 Å². The highest BCUT2D eigenvalue weighted by Crippen LogP contribution is 2.29. The van der Waals surface area contributed by atoms with Crippen molar-refractivity contribution in [2.75, 3.05) is 18.2 Å². The van der Waals surface area contributed by atoms with Crippen LogP contribution in [0.4, 0.5) is 5.69 Å². The molecule has 0 aliphatic rings. The molecule has 0 saturated carbocycles. The van der Waals surface area contributed by atoms with Gasteiger partial charge in [0.05, 0.1) is 36.0 Å². The maximum absolute atomic E-state index is 12.9. The van der Waals surface area contributed by atoms with Crippen LogP contribution >= 0.6 is 11.8 Å². The number of carbonyl (C=O) groups excluding carboxylic acids is 1. The molecule has 5 aromatic rings. The molecule has 9 heteroatoms. The summed E-state index contributed by atoms with van der Waals surface area (Å²) in [5.41, 5.74) is 3.24. The number of benzene rings is 2. The maximum atomic E-state index is 12.9. The van der Waals surface area contributed by atoms with Crippen molar-refractivity contribution in [1.29, 1.82) is 0 Å². The maximum Gasteiger partial charge on any atom is 0.234 e. The van der Waals surface area contributed by atoms with Gasteiger partial charge in [-0.05, 0) is 55.5 Å². The van der Waals surface area contributed by atoms with Crippen molar-refractivity contribution in [2.24, 2.45) is 0 Å². The van der Waals surface area contributed by atoms with Gasteiger partial charge in [-0.15, -0.1) is 10.2 Å². The van der Waals surface area contributed by atoms with Gasteiger partial charge in [0.2, 0.25) is 11.7 Å². The number of aryl methyl sites for hydroxylation is 1. The number of nitrogens with one attached hydrogen (secondary N) is 1. The lowest BCUT2D eigenvalue weighted by Gasteiger charge is -2.11. The first-order chi connectivity index (χ1) is 16.6. The number of anilines is 1. The third-order valence-electron chi connectivity index (χ3n) is 5.16. The zero-order valence-electron chi connectivity index (χ0n) is 18.6. The lowest BCUT2D eigenvalue weighted by atomic mass is 10.1. The topological polar surface area (TPSA) is 95.1 Å². The van der Waals surface area contributed by atoms with Crippen LogP contribution in [-0.2, 0) is 4.79 Å². The Hall–Kier alpha value is -4.11. The third kappa shape index (κ3) is 4.38. The molecule has 0 bridgehead atoms. The number of rotatable bonds is 7. The second-order valence-corrected chi connectivity index (χ2v) is 8.42. The molecule has 0 unspecified atom stereocenters. The fraction of sp³-hybridized carbons (Fsp3) is 0.120. The Morgan fingerprint density at radius 2 is 1.91 bits per heavy atom. The fourth-order valence-electron chi connectivity index (χ4n) is 3.62. The molecule has 3 heterocycles. The van der Waals surface area contributed by atoms with Crippen LogP contribution in [0.1, 0.15) is 5.69 Å². The van der Waals surface area contributed by atoms with Gasteiger partial charge in [0.15, 0.2) is 10.9 Å². The average molecular weight is 472 g/mol. The molecule has 0 fully saturated rings. The van der Waals surface area contributed by atoms with E-state index in [0.717, 1.165) is 33.7 Å². The van der Waals surface area contributed by atoms with E-state index in [4.69, 9.17) is 9.15 Å². The van der Waals surface area contributed by atoms with Crippen LogP contribution in [-0.4, -0.2) is 38.5 Å². The number of methoxy groups -OCH3 is 1. The van der Waals surface area contributed by atoms with Crippen molar-refractivity contribution in [2.45, 2.75) is 12.1 Å². The van der Waals surface area contributed by atoms with E-state index >= 15 is 0 Å². The molecule has 8 nitrogen and oxygen atoms in total. The molecule has 3 aromatic heterocycles. The summed E-state index contributed by atoms with van der Waals surface area (Å²) in [6.45, 7) is 1.91. The number of nitrogens with zero attached hydrogens (tertiary/aromatic N) is 4. The summed E-state index contributed by atoms with van der Waals surface area (Å²) in [6, 6.07) is 20.8. The summed E-state index contributed by atoms with van der Waals surface area (Å²) in [5.74, 6) is 1.88. The molecule has 0 spiro atoms. The number of fused-ring (bicyclic) bond motifs is 1. The molecule has 0 saturated heterocycles. The Morgan fingerprint density at radius 1 is 1.09 bits per heavy atom. The van der Waals surface area contributed by atoms with E-state index in [9.17, 15) is 4.79 Å². The zero-order valence-corrected chi connectivity index (χ0v) is 19.4. The summed E-state index contributed by atoms with van der Waals surface area (Å²) in [5, 5.41) is 13.1. The van der Waals surface area contributed by atoms with Gasteiger partial charge in [0.25, 0.3) is 0 Å². The van der Waals surface area contributed by atoms with Gasteiger partial charge in [0.1, 0.15) is 5.75 Å². The standard InChI is InChI=1S/C25H21N5O3S/c1-16-14-21(19-6-3-4-7-20(19)26-16)27-23(31)15-34-25-29-28-24(22-8-5-13-33-22)30(25)17-9-11-18(32-2)12-10-17/h3-14H,15H2,1-2H3,(H,26,27,31). The molecular formula is C25H21N5O3S. The highest BCUT2D eigenvalue weighted by molar-refractivity contribution is 7.99. The van der Waals surface area contributed by atoms with Crippen molar-refractivity contribution in [1.82, 2.24) is 19.7 Å². The van der Waals surface area contributed by atoms with Gasteiger partial charge in [-0.25, -0.2) is 0 Å². The van der Waals surface area contributed by atoms with Gasteiger partial charge in [-0.1, -0.05) is 30.0 Å². The Labute approximate surface area is 200 Å². The van der Waals surface area contributed by atoms with Gasteiger partial charge in [-0.2, -0.15) is 0 Å². The minimum atomic E-state index is -0.149. The molecule has 0 atom stereocenters. The molecule has 5 rings (SSSR count). The van der Waals surface area contributed by atoms with Gasteiger partial charge < -0.3 is 14.5 Å². The number of pyridine rings is 1. The Bertz CT molecular complexity index is 1450. The van der Waals surface area contributed by atoms with E-state index in [-0.39, 0.29) is 11.7 Å². The van der Waals surface area contributed by atoms with Crippen LogP contribution in [0, 0.1) is 6.92 Å². The molecule has 170 valence electrons. The molecule has 0 aliphatic heterocycles. The number of carbonyl (C=O) groups is 1. The lowest BCUT2D eigenvalue weighted by molar-refractivity contribution is -0.113. The second-order valence-electron chi connectivity index (χ2n) is 7.48. The van der Waals surface area contributed by atoms with Gasteiger partial charge >= 0.3 is 0 Å². The van der Waals surface area contributed by atoms with E-state index in [1.165, 1.54) is 11.8 Å². The second kappa shape index (κ2) is 9.40. The van der Waals surface area contributed by atoms with E-state index in [2.05, 4.69) is 20.5 Å². The number of aromatic nitrogens is 4. The van der Waals surface area contributed by atoms with E-state index in [1.807, 2.05) is 72.2 Å². The first-order valence-corrected chi connectivity index (χ1v) is 11.5. The van der Waals surface area contributed by atoms with Crippen LogP contribution < -0.4 is 10.1 Å². The minimum Gasteiger partial charge on any atom is -0.497 e. The van der Waals surface area contributed by atoms with Crippen LogP contribution in [0.5, 0.6) is 5.75 Å². The van der Waals surface area contributed by atoms with Crippen LogP contribution in [0.25, 0.3) is 28.2 Å². The number of thioether (sulfide) groups is 1. The summed E-state index contributed by atoms with van der Waals surface area (Å²) < 4.78 is 12.7. The predicted molar refractivity (Wildman–Crippen MR) is 131 cm³/mol. The molecule has 0 aliphatic carbocycles. The van der Waals surface area contributed by atoms with Crippen molar-refractivity contribution in [3.8, 4) is 23.0 Å². The van der Waals surface area contributed by atoms with E-state index < -0.39 is 0 Å². The van der Waals surface area contributed by atoms with Crippen LogP contribution in [0.3, 0.4) is 0 Å². The number of amides is 1. The average Bonchev–Trinajstić information content (AvgIpc) is 3.53. The quantitative estimate of drug-likeness (QED) is 0.329. The summed E-state index contributed by atoms with van der Waals surface area (Å²) >= 11 is 1.30. The summed E-state index contributed by atoms with van der Waals surface area (Å²) in [7, 11) is 1.62. The zero-order chi connectivity index (χ0) is 23.5.